The average Bonchev–Trinajstić information content (AvgIpc) is 3.82. The molecule has 1 N–H and O–H groups in total. The molecule has 9 aromatic carbocycles. The second-order valence-electron chi connectivity index (χ2n) is 14.8. The third-order valence-corrected chi connectivity index (χ3v) is 13.8. The predicted octanol–water partition coefficient (Wildman–Crippen LogP) is 17.0. The first-order valence-electron chi connectivity index (χ1n) is 20.2. The third-order valence-electron chi connectivity index (χ3n) is 10.8. The molecule has 0 saturated carbocycles. The fourth-order valence-corrected chi connectivity index (χ4v) is 9.69. The minimum absolute atomic E-state index is 0.616. The van der Waals surface area contributed by atoms with Gasteiger partial charge in [-0.05, 0) is 201 Å². The summed E-state index contributed by atoms with van der Waals surface area (Å²) in [5.41, 5.74) is 12.2. The lowest BCUT2D eigenvalue weighted by atomic mass is 10.0. The highest BCUT2D eigenvalue weighted by Gasteiger charge is 2.15. The van der Waals surface area contributed by atoms with Crippen molar-refractivity contribution in [3.05, 3.63) is 227 Å². The van der Waals surface area contributed by atoms with Gasteiger partial charge in [0.15, 0.2) is 0 Å². The van der Waals surface area contributed by atoms with E-state index in [2.05, 4.69) is 289 Å². The van der Waals surface area contributed by atoms with Gasteiger partial charge in [0.05, 0.1) is 22.1 Å². The molecule has 0 atom stereocenters. The van der Waals surface area contributed by atoms with Gasteiger partial charge < -0.3 is 18.8 Å². The molecule has 0 saturated heterocycles. The topological polar surface area (TPSA) is 39.3 Å². The fraction of sp³-hybridized carbons (Fsp3) is 0. The number of benzene rings is 9. The van der Waals surface area contributed by atoms with Crippen LogP contribution in [0.3, 0.4) is 0 Å². The van der Waals surface area contributed by atoms with Crippen LogP contribution in [0, 0.1) is 7.14 Å². The van der Waals surface area contributed by atoms with E-state index in [9.17, 15) is 0 Å². The van der Waals surface area contributed by atoms with Crippen LogP contribution in [0.25, 0.3) is 77.2 Å². The van der Waals surface area contributed by atoms with Crippen LogP contribution in [0.1, 0.15) is 0 Å². The van der Waals surface area contributed by atoms with E-state index in [-0.39, 0.29) is 0 Å². The van der Waals surface area contributed by atoms with Crippen molar-refractivity contribution in [2.75, 3.05) is 0 Å². The average molecular weight is 1250 g/mol. The Balaban J connectivity index is 0.000000142. The molecule has 11 rings (SSSR count). The minimum atomic E-state index is 0.616. The Kier molecular flexibility index (Phi) is 14.1. The minimum Gasteiger partial charge on any atom is -0.537 e. The highest BCUT2D eigenvalue weighted by molar-refractivity contribution is 14.1. The molecule has 2 heterocycles. The third kappa shape index (κ3) is 9.78. The maximum Gasteiger partial charge on any atom is 0.569 e. The van der Waals surface area contributed by atoms with Crippen LogP contribution < -0.4 is 4.65 Å². The largest absolute Gasteiger partial charge is 0.569 e. The van der Waals surface area contributed by atoms with E-state index in [0.29, 0.717) is 13.4 Å². The molecule has 0 aliphatic heterocycles. The molecule has 10 heteroatoms. The van der Waals surface area contributed by atoms with Crippen molar-refractivity contribution in [3.8, 4) is 39.4 Å². The number of halogens is 5. The van der Waals surface area contributed by atoms with Gasteiger partial charge in [0.25, 0.3) is 0 Å². The molecule has 11 aromatic rings. The Labute approximate surface area is 424 Å². The number of nitrogens with zero attached hydrogens (tertiary/aromatic N) is 2. The van der Waals surface area contributed by atoms with E-state index in [1.807, 2.05) is 12.1 Å². The normalized spacial score (nSPS) is 11.0. The van der Waals surface area contributed by atoms with Gasteiger partial charge in [-0.2, -0.15) is 0 Å². The Morgan fingerprint density at radius 3 is 1.08 bits per heavy atom. The fourth-order valence-electron chi connectivity index (χ4n) is 7.92. The molecule has 0 aliphatic rings. The summed E-state index contributed by atoms with van der Waals surface area (Å²) in [6.45, 7) is 0. The molecule has 311 valence electrons. The molecule has 4 nitrogen and oxygen atoms in total. The second kappa shape index (κ2) is 20.2. The summed E-state index contributed by atoms with van der Waals surface area (Å²) in [5.74, 6) is 0.616. The van der Waals surface area contributed by atoms with Crippen LogP contribution in [-0.2, 0) is 0 Å². The Bertz CT molecular complexity index is 3220. The van der Waals surface area contributed by atoms with Gasteiger partial charge in [-0.3, -0.25) is 0 Å². The molecule has 0 bridgehead atoms. The summed E-state index contributed by atoms with van der Waals surface area (Å²) in [4.78, 5) is 0. The molecule has 0 aliphatic carbocycles. The van der Waals surface area contributed by atoms with E-state index in [1.165, 1.54) is 84.4 Å². The zero-order valence-electron chi connectivity index (χ0n) is 33.8. The maximum atomic E-state index is 8.23. The quantitative estimate of drug-likeness (QED) is 0.133. The second-order valence-corrected chi connectivity index (χ2v) is 20.1. The molecule has 1 radical (unpaired) electrons. The molecular weight excluding hydrogens is 1210 g/mol. The van der Waals surface area contributed by atoms with Crippen molar-refractivity contribution in [1.29, 1.82) is 0 Å². The lowest BCUT2D eigenvalue weighted by molar-refractivity contribution is 0.454. The Morgan fingerprint density at radius 2 is 0.703 bits per heavy atom. The first-order chi connectivity index (χ1) is 31.2. The van der Waals surface area contributed by atoms with E-state index in [4.69, 9.17) is 5.02 Å². The Morgan fingerprint density at radius 1 is 0.375 bits per heavy atom. The standard InChI is InChI=1S/C30H19Br2N.C18H11I2N.C6H5BBrO2/c31-24-12-6-20(7-13-24)22-10-16-29-27(18-22)28-19-23(21-8-14-25(32)15-9-21)11-17-30(28)33(29)26-4-2-1-3-5-26;19-12-6-8-17-15(10-12)16-11-13(20)7-9-18(16)21(17)14-4-2-1-3-5-14;8-5-1-3-6(4-2-5)10-7-9/h1-19H;1-11H;1-4,9H. The lowest BCUT2D eigenvalue weighted by Crippen LogP contribution is -1.98. The molecule has 0 spiro atoms. The maximum absolute atomic E-state index is 8.23. The van der Waals surface area contributed by atoms with Gasteiger partial charge in [0.2, 0.25) is 0 Å². The molecule has 0 unspecified atom stereocenters. The summed E-state index contributed by atoms with van der Waals surface area (Å²) in [5, 5.41) is 13.4. The van der Waals surface area contributed by atoms with Gasteiger partial charge in [-0.15, -0.1) is 0 Å². The van der Waals surface area contributed by atoms with Gasteiger partial charge in [-0.1, -0.05) is 121 Å². The summed E-state index contributed by atoms with van der Waals surface area (Å²) in [7, 11) is 0.656. The SMILES string of the molecule is Brc1ccc(-c2ccc3c(c2)c2cc(-c4ccc(Br)cc4)ccc2n3-c2ccccc2)cc1.Ic1ccc2c(c1)c1cc(I)ccc1n2-c1ccccc1.O[B]Oc1ccc(Br)cc1. The smallest absolute Gasteiger partial charge is 0.537 e. The predicted molar refractivity (Wildman–Crippen MR) is 296 cm³/mol. The van der Waals surface area contributed by atoms with Crippen LogP contribution in [0.5, 0.6) is 5.75 Å². The monoisotopic (exact) mass is 1240 g/mol. The van der Waals surface area contributed by atoms with Crippen molar-refractivity contribution in [2.45, 2.75) is 0 Å². The van der Waals surface area contributed by atoms with Gasteiger partial charge in [0, 0.05) is 53.5 Å². The van der Waals surface area contributed by atoms with Crippen LogP contribution in [-0.4, -0.2) is 21.8 Å². The molecule has 0 fully saturated rings. The number of para-hydroxylation sites is 2. The van der Waals surface area contributed by atoms with Gasteiger partial charge in [0.1, 0.15) is 5.75 Å². The highest BCUT2D eigenvalue weighted by Crippen LogP contribution is 2.38. The number of hydrogen-bond acceptors (Lipinski definition) is 2. The van der Waals surface area contributed by atoms with Gasteiger partial charge in [-0.25, -0.2) is 0 Å². The Hall–Kier alpha value is -4.70. The van der Waals surface area contributed by atoms with E-state index >= 15 is 0 Å². The lowest BCUT2D eigenvalue weighted by Gasteiger charge is -2.08. The van der Waals surface area contributed by atoms with E-state index < -0.39 is 0 Å². The summed E-state index contributed by atoms with van der Waals surface area (Å²) < 4.78 is 15.1. The summed E-state index contributed by atoms with van der Waals surface area (Å²) in [6.07, 6.45) is 0. The zero-order valence-corrected chi connectivity index (χ0v) is 42.9. The van der Waals surface area contributed by atoms with Crippen molar-refractivity contribution < 1.29 is 9.68 Å². The van der Waals surface area contributed by atoms with Crippen LogP contribution in [0.2, 0.25) is 0 Å². The van der Waals surface area contributed by atoms with Crippen molar-refractivity contribution >= 4 is 144 Å². The first kappa shape index (κ1) is 44.5. The van der Waals surface area contributed by atoms with E-state index in [1.54, 1.807) is 12.1 Å². The van der Waals surface area contributed by atoms with Crippen molar-refractivity contribution in [2.24, 2.45) is 0 Å². The van der Waals surface area contributed by atoms with E-state index in [0.717, 1.165) is 13.4 Å². The molecule has 2 aromatic heterocycles. The summed E-state index contributed by atoms with van der Waals surface area (Å²) >= 11 is 15.1. The zero-order chi connectivity index (χ0) is 44.2. The van der Waals surface area contributed by atoms with Gasteiger partial charge >= 0.3 is 7.69 Å². The molecule has 64 heavy (non-hydrogen) atoms. The van der Waals surface area contributed by atoms with Crippen LogP contribution in [0.4, 0.5) is 0 Å². The highest BCUT2D eigenvalue weighted by atomic mass is 127. The molecular formula is C54H35BBr3I2N2O2. The first-order valence-corrected chi connectivity index (χ1v) is 24.8. The molecule has 0 amide bonds. The number of rotatable bonds is 6. The van der Waals surface area contributed by atoms with Crippen LogP contribution >= 0.6 is 93.0 Å². The number of hydrogen-bond donors (Lipinski definition) is 1. The number of aromatic nitrogens is 2. The number of fused-ring (bicyclic) bond motifs is 6. The van der Waals surface area contributed by atoms with Crippen LogP contribution in [0.15, 0.2) is 220 Å². The van der Waals surface area contributed by atoms with Crippen molar-refractivity contribution in [3.63, 3.8) is 0 Å². The summed E-state index contributed by atoms with van der Waals surface area (Å²) in [6, 6.07) is 72.3. The van der Waals surface area contributed by atoms with Crippen molar-refractivity contribution in [1.82, 2.24) is 9.13 Å².